The molecule has 8 heteroatoms. The lowest BCUT2D eigenvalue weighted by Crippen LogP contribution is -2.03. The van der Waals surface area contributed by atoms with E-state index in [9.17, 15) is 17.2 Å². The summed E-state index contributed by atoms with van der Waals surface area (Å²) < 4.78 is 46.6. The van der Waals surface area contributed by atoms with Gasteiger partial charge in [0.05, 0.1) is 6.20 Å². The van der Waals surface area contributed by atoms with Gasteiger partial charge in [-0.2, -0.15) is 13.9 Å². The molecule has 1 unspecified atom stereocenters. The molecule has 0 N–H and O–H groups in total. The van der Waals surface area contributed by atoms with Gasteiger partial charge in [-0.05, 0) is 0 Å². The Morgan fingerprint density at radius 3 is 2.53 bits per heavy atom. The van der Waals surface area contributed by atoms with Crippen LogP contribution in [0.3, 0.4) is 0 Å². The summed E-state index contributed by atoms with van der Waals surface area (Å²) in [6.45, 7) is 0.452. The monoisotopic (exact) mass is 256 g/mol. The van der Waals surface area contributed by atoms with E-state index in [1.807, 2.05) is 0 Å². The lowest BCUT2D eigenvalue weighted by atomic mass is 10.2. The molecule has 0 saturated carbocycles. The molecular weight excluding hydrogens is 250 g/mol. The van der Waals surface area contributed by atoms with Crippen LogP contribution >= 0.6 is 10.7 Å². The molecule has 0 aliphatic rings. The number of aromatic nitrogens is 2. The maximum atomic E-state index is 12.1. The Kier molecular flexibility index (Phi) is 3.46. The summed E-state index contributed by atoms with van der Waals surface area (Å²) in [5, 5.41) is 2.06. The molecule has 0 bridgehead atoms. The van der Waals surface area contributed by atoms with Crippen LogP contribution in [0.5, 0.6) is 0 Å². The molecule has 1 aromatic heterocycles. The van der Waals surface area contributed by atoms with Crippen LogP contribution < -0.4 is 0 Å². The minimum absolute atomic E-state index is 0.0558. The van der Waals surface area contributed by atoms with E-state index in [1.165, 1.54) is 0 Å². The number of nitrogens with zero attached hydrogens (tertiary/aromatic N) is 2. The fourth-order valence-electron chi connectivity index (χ4n) is 1.02. The van der Waals surface area contributed by atoms with Crippen LogP contribution in [-0.4, -0.2) is 18.2 Å². The Balaban J connectivity index is 3.09. The highest BCUT2D eigenvalue weighted by molar-refractivity contribution is 8.14. The molecule has 0 fully saturated rings. The summed E-state index contributed by atoms with van der Waals surface area (Å²) in [4.78, 5) is 0. The standard InChI is InChI=1S/C7H7ClF2N2O2S/c1-2-6(15(8,13)14)5-3-11-12(4-5)7(9)10/h2-4,6-7H,1H2. The van der Waals surface area contributed by atoms with Gasteiger partial charge >= 0.3 is 6.55 Å². The van der Waals surface area contributed by atoms with E-state index in [0.717, 1.165) is 18.5 Å². The second-order valence-electron chi connectivity index (χ2n) is 2.66. The summed E-state index contributed by atoms with van der Waals surface area (Å²) in [5.41, 5.74) is 0.0558. The molecule has 0 aliphatic heterocycles. The first-order valence-electron chi connectivity index (χ1n) is 3.74. The lowest BCUT2D eigenvalue weighted by molar-refractivity contribution is 0.0565. The van der Waals surface area contributed by atoms with E-state index in [4.69, 9.17) is 10.7 Å². The predicted molar refractivity (Wildman–Crippen MR) is 51.2 cm³/mol. The Morgan fingerprint density at radius 2 is 2.20 bits per heavy atom. The Morgan fingerprint density at radius 1 is 1.60 bits per heavy atom. The second kappa shape index (κ2) is 4.28. The van der Waals surface area contributed by atoms with Crippen molar-refractivity contribution in [1.29, 1.82) is 0 Å². The van der Waals surface area contributed by atoms with Gasteiger partial charge < -0.3 is 0 Å². The van der Waals surface area contributed by atoms with Crippen molar-refractivity contribution in [3.8, 4) is 0 Å². The van der Waals surface area contributed by atoms with E-state index in [1.54, 1.807) is 0 Å². The van der Waals surface area contributed by atoms with Crippen molar-refractivity contribution in [1.82, 2.24) is 9.78 Å². The van der Waals surface area contributed by atoms with Crippen LogP contribution in [0.4, 0.5) is 8.78 Å². The predicted octanol–water partition coefficient (Wildman–Crippen LogP) is 2.07. The molecule has 0 spiro atoms. The van der Waals surface area contributed by atoms with Crippen molar-refractivity contribution >= 4 is 19.7 Å². The number of rotatable bonds is 4. The molecule has 1 heterocycles. The maximum absolute atomic E-state index is 12.1. The van der Waals surface area contributed by atoms with Crippen molar-refractivity contribution in [2.45, 2.75) is 11.8 Å². The van der Waals surface area contributed by atoms with E-state index in [0.29, 0.717) is 4.68 Å². The van der Waals surface area contributed by atoms with Crippen molar-refractivity contribution in [2.24, 2.45) is 0 Å². The van der Waals surface area contributed by atoms with Gasteiger partial charge in [0.15, 0.2) is 0 Å². The number of hydrogen-bond donors (Lipinski definition) is 0. The van der Waals surface area contributed by atoms with Crippen molar-refractivity contribution < 1.29 is 17.2 Å². The summed E-state index contributed by atoms with van der Waals surface area (Å²) >= 11 is 0. The molecule has 15 heavy (non-hydrogen) atoms. The van der Waals surface area contributed by atoms with Crippen LogP contribution in [0.25, 0.3) is 0 Å². The molecule has 0 aromatic carbocycles. The van der Waals surface area contributed by atoms with Crippen LogP contribution in [0.15, 0.2) is 25.0 Å². The number of halogens is 3. The van der Waals surface area contributed by atoms with Crippen LogP contribution in [0.2, 0.25) is 0 Å². The molecule has 0 aliphatic carbocycles. The van der Waals surface area contributed by atoms with Gasteiger partial charge in [-0.1, -0.05) is 6.08 Å². The third-order valence-electron chi connectivity index (χ3n) is 1.67. The van der Waals surface area contributed by atoms with Gasteiger partial charge in [-0.25, -0.2) is 13.1 Å². The molecule has 0 amide bonds. The Labute approximate surface area is 89.6 Å². The summed E-state index contributed by atoms with van der Waals surface area (Å²) in [6.07, 6.45) is 2.98. The fourth-order valence-corrected chi connectivity index (χ4v) is 2.22. The van der Waals surface area contributed by atoms with Crippen molar-refractivity contribution in [2.75, 3.05) is 0 Å². The molecule has 4 nitrogen and oxygen atoms in total. The topological polar surface area (TPSA) is 52.0 Å². The molecule has 0 saturated heterocycles. The molecule has 0 radical (unpaired) electrons. The second-order valence-corrected chi connectivity index (χ2v) is 5.41. The highest BCUT2D eigenvalue weighted by atomic mass is 35.7. The summed E-state index contributed by atoms with van der Waals surface area (Å²) in [6, 6.07) is 0. The lowest BCUT2D eigenvalue weighted by Gasteiger charge is -2.04. The fraction of sp³-hybridized carbons (Fsp3) is 0.286. The highest BCUT2D eigenvalue weighted by Gasteiger charge is 2.24. The quantitative estimate of drug-likeness (QED) is 0.612. The van der Waals surface area contributed by atoms with E-state index in [-0.39, 0.29) is 5.56 Å². The van der Waals surface area contributed by atoms with E-state index >= 15 is 0 Å². The molecule has 84 valence electrons. The Hall–Kier alpha value is -0.950. The first-order valence-corrected chi connectivity index (χ1v) is 6.11. The summed E-state index contributed by atoms with van der Waals surface area (Å²) in [7, 11) is 1.17. The van der Waals surface area contributed by atoms with Crippen LogP contribution in [-0.2, 0) is 9.05 Å². The zero-order chi connectivity index (χ0) is 11.6. The highest BCUT2D eigenvalue weighted by Crippen LogP contribution is 2.27. The Bertz CT molecular complexity index is 457. The van der Waals surface area contributed by atoms with E-state index < -0.39 is 20.9 Å². The SMILES string of the molecule is C=CC(c1cnn(C(F)F)c1)S(=O)(=O)Cl. The number of hydrogen-bond acceptors (Lipinski definition) is 3. The third kappa shape index (κ3) is 2.75. The van der Waals surface area contributed by atoms with Crippen molar-refractivity contribution in [3.05, 3.63) is 30.6 Å². The first-order chi connectivity index (χ1) is 6.86. The molecule has 1 atom stereocenters. The summed E-state index contributed by atoms with van der Waals surface area (Å²) in [5.74, 6) is 0. The van der Waals surface area contributed by atoms with Gasteiger partial charge in [0.25, 0.3) is 0 Å². The van der Waals surface area contributed by atoms with Gasteiger partial charge in [0, 0.05) is 22.4 Å². The third-order valence-corrected chi connectivity index (χ3v) is 3.31. The number of alkyl halides is 2. The average molecular weight is 257 g/mol. The smallest absolute Gasteiger partial charge is 0.211 e. The zero-order valence-electron chi connectivity index (χ0n) is 7.35. The molecular formula is C7H7ClF2N2O2S. The van der Waals surface area contributed by atoms with E-state index in [2.05, 4.69) is 11.7 Å². The zero-order valence-corrected chi connectivity index (χ0v) is 8.92. The van der Waals surface area contributed by atoms with Crippen molar-refractivity contribution in [3.63, 3.8) is 0 Å². The normalized spacial score (nSPS) is 14.1. The molecule has 1 rings (SSSR count). The minimum Gasteiger partial charge on any atom is -0.211 e. The van der Waals surface area contributed by atoms with Gasteiger partial charge in [0.1, 0.15) is 5.25 Å². The first kappa shape index (κ1) is 12.1. The average Bonchev–Trinajstić information content (AvgIpc) is 2.51. The molecule has 1 aromatic rings. The minimum atomic E-state index is -3.92. The largest absolute Gasteiger partial charge is 0.333 e. The van der Waals surface area contributed by atoms with Gasteiger partial charge in [-0.15, -0.1) is 6.58 Å². The van der Waals surface area contributed by atoms with Gasteiger partial charge in [-0.3, -0.25) is 0 Å². The van der Waals surface area contributed by atoms with Crippen LogP contribution in [0, 0.1) is 0 Å². The van der Waals surface area contributed by atoms with Gasteiger partial charge in [0.2, 0.25) is 9.05 Å². The maximum Gasteiger partial charge on any atom is 0.333 e. The van der Waals surface area contributed by atoms with Crippen LogP contribution in [0.1, 0.15) is 17.4 Å².